The molecule has 3 aromatic rings. The van der Waals surface area contributed by atoms with Gasteiger partial charge in [0.25, 0.3) is 5.91 Å². The Morgan fingerprint density at radius 1 is 1.03 bits per heavy atom. The third kappa shape index (κ3) is 6.50. The Morgan fingerprint density at radius 2 is 1.71 bits per heavy atom. The Hall–Kier alpha value is -3.53. The standard InChI is InChI=1S/C24H23F4N3O3/c1-23(2,3)20(13-32)31-22(33)19-12-18(14-7-9-17(10-8-14)34-24(26,27)28)29-21(30-19)15-5-4-6-16(25)11-15/h4-12,20,32H,13H2,1-3H3,(H,31,33). The summed E-state index contributed by atoms with van der Waals surface area (Å²) in [5.74, 6) is -1.48. The second-order valence-electron chi connectivity index (χ2n) is 8.62. The van der Waals surface area contributed by atoms with Crippen molar-refractivity contribution < 1.29 is 32.2 Å². The first-order chi connectivity index (χ1) is 15.9. The Labute approximate surface area is 193 Å². The van der Waals surface area contributed by atoms with E-state index in [0.29, 0.717) is 11.1 Å². The molecule has 0 aliphatic rings. The van der Waals surface area contributed by atoms with E-state index in [0.717, 1.165) is 12.1 Å². The van der Waals surface area contributed by atoms with Crippen LogP contribution in [0.1, 0.15) is 31.3 Å². The summed E-state index contributed by atoms with van der Waals surface area (Å²) in [5, 5.41) is 12.4. The molecular weight excluding hydrogens is 454 g/mol. The number of amides is 1. The maximum absolute atomic E-state index is 13.8. The monoisotopic (exact) mass is 477 g/mol. The van der Waals surface area contributed by atoms with E-state index in [2.05, 4.69) is 20.0 Å². The van der Waals surface area contributed by atoms with Crippen molar-refractivity contribution in [3.05, 3.63) is 66.1 Å². The molecule has 1 aromatic heterocycles. The second-order valence-corrected chi connectivity index (χ2v) is 8.62. The molecule has 0 spiro atoms. The van der Waals surface area contributed by atoms with Crippen molar-refractivity contribution in [2.45, 2.75) is 33.2 Å². The van der Waals surface area contributed by atoms with E-state index in [1.807, 2.05) is 20.8 Å². The number of halogens is 4. The van der Waals surface area contributed by atoms with Crippen LogP contribution in [0.5, 0.6) is 5.75 Å². The highest BCUT2D eigenvalue weighted by Crippen LogP contribution is 2.28. The van der Waals surface area contributed by atoms with Gasteiger partial charge in [-0.3, -0.25) is 4.79 Å². The second kappa shape index (κ2) is 9.76. The largest absolute Gasteiger partial charge is 0.573 e. The number of aromatic nitrogens is 2. The molecule has 1 atom stereocenters. The molecule has 2 aromatic carbocycles. The Morgan fingerprint density at radius 3 is 2.26 bits per heavy atom. The number of nitrogens with zero attached hydrogens (tertiary/aromatic N) is 2. The summed E-state index contributed by atoms with van der Waals surface area (Å²) in [4.78, 5) is 21.6. The Balaban J connectivity index is 2.04. The van der Waals surface area contributed by atoms with Gasteiger partial charge in [-0.05, 0) is 47.9 Å². The van der Waals surface area contributed by atoms with Gasteiger partial charge in [0.05, 0.1) is 18.3 Å². The number of hydrogen-bond acceptors (Lipinski definition) is 5. The molecule has 1 amide bonds. The summed E-state index contributed by atoms with van der Waals surface area (Å²) in [6, 6.07) is 11.2. The van der Waals surface area contributed by atoms with Crippen LogP contribution in [0.15, 0.2) is 54.6 Å². The fourth-order valence-corrected chi connectivity index (χ4v) is 3.06. The molecule has 1 unspecified atom stereocenters. The van der Waals surface area contributed by atoms with Crippen molar-refractivity contribution in [1.82, 2.24) is 15.3 Å². The van der Waals surface area contributed by atoms with Crippen LogP contribution < -0.4 is 10.1 Å². The van der Waals surface area contributed by atoms with Crippen LogP contribution in [0, 0.1) is 11.2 Å². The summed E-state index contributed by atoms with van der Waals surface area (Å²) in [5.41, 5.74) is 0.428. The lowest BCUT2D eigenvalue weighted by molar-refractivity contribution is -0.274. The molecule has 1 heterocycles. The number of ether oxygens (including phenoxy) is 1. The molecule has 0 bridgehead atoms. The fourth-order valence-electron chi connectivity index (χ4n) is 3.06. The topological polar surface area (TPSA) is 84.3 Å². The van der Waals surface area contributed by atoms with Crippen molar-refractivity contribution in [3.63, 3.8) is 0 Å². The minimum Gasteiger partial charge on any atom is -0.406 e. The summed E-state index contributed by atoms with van der Waals surface area (Å²) in [6.07, 6.45) is -4.83. The minimum absolute atomic E-state index is 0.0501. The van der Waals surface area contributed by atoms with Crippen molar-refractivity contribution in [3.8, 4) is 28.4 Å². The number of carbonyl (C=O) groups is 1. The molecule has 2 N–H and O–H groups in total. The number of carbonyl (C=O) groups excluding carboxylic acids is 1. The van der Waals surface area contributed by atoms with Crippen molar-refractivity contribution in [2.24, 2.45) is 5.41 Å². The Kier molecular flexibility index (Phi) is 7.21. The molecule has 0 saturated carbocycles. The lowest BCUT2D eigenvalue weighted by Gasteiger charge is -2.29. The van der Waals surface area contributed by atoms with Gasteiger partial charge in [-0.2, -0.15) is 0 Å². The van der Waals surface area contributed by atoms with Gasteiger partial charge in [0.15, 0.2) is 5.82 Å². The van der Waals surface area contributed by atoms with E-state index in [-0.39, 0.29) is 23.8 Å². The SMILES string of the molecule is CC(C)(C)C(CO)NC(=O)c1cc(-c2ccc(OC(F)(F)F)cc2)nc(-c2cccc(F)c2)n1. The van der Waals surface area contributed by atoms with E-state index in [4.69, 9.17) is 0 Å². The average molecular weight is 477 g/mol. The van der Waals surface area contributed by atoms with Gasteiger partial charge in [-0.25, -0.2) is 14.4 Å². The van der Waals surface area contributed by atoms with Crippen LogP contribution >= 0.6 is 0 Å². The van der Waals surface area contributed by atoms with E-state index >= 15 is 0 Å². The maximum Gasteiger partial charge on any atom is 0.573 e. The first-order valence-corrected chi connectivity index (χ1v) is 10.3. The zero-order valence-corrected chi connectivity index (χ0v) is 18.7. The molecular formula is C24H23F4N3O3. The predicted molar refractivity (Wildman–Crippen MR) is 117 cm³/mol. The van der Waals surface area contributed by atoms with E-state index in [1.165, 1.54) is 36.4 Å². The van der Waals surface area contributed by atoms with E-state index in [1.54, 1.807) is 6.07 Å². The summed E-state index contributed by atoms with van der Waals surface area (Å²) < 4.78 is 55.1. The van der Waals surface area contributed by atoms with Crippen LogP contribution in [-0.2, 0) is 0 Å². The molecule has 0 radical (unpaired) electrons. The molecule has 180 valence electrons. The summed E-state index contributed by atoms with van der Waals surface area (Å²) in [7, 11) is 0. The Bertz CT molecular complexity index is 1160. The number of nitrogens with one attached hydrogen (secondary N) is 1. The zero-order valence-electron chi connectivity index (χ0n) is 18.7. The van der Waals surface area contributed by atoms with Gasteiger partial charge in [0.2, 0.25) is 0 Å². The lowest BCUT2D eigenvalue weighted by atomic mass is 9.87. The van der Waals surface area contributed by atoms with Crippen LogP contribution in [-0.4, -0.2) is 40.0 Å². The third-order valence-corrected chi connectivity index (χ3v) is 4.96. The summed E-state index contributed by atoms with van der Waals surface area (Å²) in [6.45, 7) is 5.25. The van der Waals surface area contributed by atoms with Crippen molar-refractivity contribution in [1.29, 1.82) is 0 Å². The molecule has 34 heavy (non-hydrogen) atoms. The highest BCUT2D eigenvalue weighted by molar-refractivity contribution is 5.94. The molecule has 10 heteroatoms. The lowest BCUT2D eigenvalue weighted by Crippen LogP contribution is -2.46. The first kappa shape index (κ1) is 25.1. The normalized spacial score (nSPS) is 12.8. The number of aliphatic hydroxyl groups is 1. The number of alkyl halides is 3. The highest BCUT2D eigenvalue weighted by Gasteiger charge is 2.31. The number of benzene rings is 2. The molecule has 0 fully saturated rings. The van der Waals surface area contributed by atoms with E-state index < -0.39 is 35.3 Å². The average Bonchev–Trinajstić information content (AvgIpc) is 2.75. The summed E-state index contributed by atoms with van der Waals surface area (Å²) >= 11 is 0. The van der Waals surface area contributed by atoms with E-state index in [9.17, 15) is 27.5 Å². The first-order valence-electron chi connectivity index (χ1n) is 10.3. The van der Waals surface area contributed by atoms with Gasteiger partial charge in [-0.15, -0.1) is 13.2 Å². The van der Waals surface area contributed by atoms with Crippen LogP contribution in [0.2, 0.25) is 0 Å². The van der Waals surface area contributed by atoms with Crippen molar-refractivity contribution in [2.75, 3.05) is 6.61 Å². The quantitative estimate of drug-likeness (QED) is 0.489. The zero-order chi connectivity index (χ0) is 25.1. The number of rotatable bonds is 6. The molecule has 0 saturated heterocycles. The highest BCUT2D eigenvalue weighted by atomic mass is 19.4. The van der Waals surface area contributed by atoms with Crippen molar-refractivity contribution >= 4 is 5.91 Å². The maximum atomic E-state index is 13.8. The van der Waals surface area contributed by atoms with Gasteiger partial charge < -0.3 is 15.2 Å². The smallest absolute Gasteiger partial charge is 0.406 e. The van der Waals surface area contributed by atoms with Gasteiger partial charge in [-0.1, -0.05) is 32.9 Å². The molecule has 0 aliphatic heterocycles. The van der Waals surface area contributed by atoms with Gasteiger partial charge >= 0.3 is 6.36 Å². The van der Waals surface area contributed by atoms with Crippen LogP contribution in [0.25, 0.3) is 22.6 Å². The van der Waals surface area contributed by atoms with Crippen LogP contribution in [0.4, 0.5) is 17.6 Å². The number of hydrogen-bond donors (Lipinski definition) is 2. The molecule has 0 aliphatic carbocycles. The van der Waals surface area contributed by atoms with Gasteiger partial charge in [0, 0.05) is 11.1 Å². The number of aliphatic hydroxyl groups excluding tert-OH is 1. The third-order valence-electron chi connectivity index (χ3n) is 4.96. The molecule has 3 rings (SSSR count). The van der Waals surface area contributed by atoms with Gasteiger partial charge in [0.1, 0.15) is 17.3 Å². The minimum atomic E-state index is -4.83. The fraction of sp³-hybridized carbons (Fsp3) is 0.292. The van der Waals surface area contributed by atoms with Crippen LogP contribution in [0.3, 0.4) is 0 Å². The molecule has 6 nitrogen and oxygen atoms in total. The predicted octanol–water partition coefficient (Wildman–Crippen LogP) is 4.99.